The molecule has 2 nitrogen and oxygen atoms in total. The highest BCUT2D eigenvalue weighted by Gasteiger charge is 2.08. The fourth-order valence-corrected chi connectivity index (χ4v) is 6.13. The van der Waals surface area contributed by atoms with Crippen LogP contribution in [-0.4, -0.2) is 12.4 Å². The molecule has 0 radical (unpaired) electrons. The van der Waals surface area contributed by atoms with Gasteiger partial charge in [-0.15, -0.1) is 0 Å². The minimum absolute atomic E-state index is 0.557. The lowest BCUT2D eigenvalue weighted by molar-refractivity contribution is 1.38. The Morgan fingerprint density at radius 1 is 0.471 bits per heavy atom. The Kier molecular flexibility index (Phi) is 9.01. The highest BCUT2D eigenvalue weighted by molar-refractivity contribution is 8.76. The van der Waals surface area contributed by atoms with Gasteiger partial charge in [-0.25, -0.2) is 0 Å². The molecule has 8 heteroatoms. The van der Waals surface area contributed by atoms with Crippen LogP contribution in [0, 0.1) is 0 Å². The fraction of sp³-hybridized carbons (Fsp3) is 0. The number of nitrogens with zero attached hydrogens (tertiary/aromatic N) is 2. The molecule has 0 heterocycles. The summed E-state index contributed by atoms with van der Waals surface area (Å²) in [6.45, 7) is 0. The molecule has 0 aliphatic carbocycles. The minimum Gasteiger partial charge on any atom is -0.255 e. The van der Waals surface area contributed by atoms with Gasteiger partial charge in [-0.1, -0.05) is 104 Å². The average molecular weight is 562 g/mol. The van der Waals surface area contributed by atoms with Gasteiger partial charge in [-0.05, 0) is 48.5 Å². The summed E-state index contributed by atoms with van der Waals surface area (Å²) in [5, 5.41) is 2.23. The monoisotopic (exact) mass is 560 g/mol. The third-order valence-electron chi connectivity index (χ3n) is 4.62. The average Bonchev–Trinajstić information content (AvgIpc) is 2.83. The van der Waals surface area contributed by atoms with Crippen LogP contribution in [-0.2, 0) is 0 Å². The van der Waals surface area contributed by atoms with E-state index in [9.17, 15) is 0 Å². The fourth-order valence-electron chi connectivity index (χ4n) is 2.89. The van der Waals surface area contributed by atoms with Crippen molar-refractivity contribution in [1.29, 1.82) is 0 Å². The summed E-state index contributed by atoms with van der Waals surface area (Å²) >= 11 is 25.1. The molecule has 0 bridgehead atoms. The highest BCUT2D eigenvalue weighted by Crippen LogP contribution is 2.45. The van der Waals surface area contributed by atoms with Crippen LogP contribution in [0.1, 0.15) is 11.1 Å². The minimum atomic E-state index is 0.557. The van der Waals surface area contributed by atoms with Crippen LogP contribution in [0.5, 0.6) is 0 Å². The summed E-state index contributed by atoms with van der Waals surface area (Å²) in [6.07, 6.45) is 3.39. The van der Waals surface area contributed by atoms with E-state index >= 15 is 0 Å². The van der Waals surface area contributed by atoms with E-state index in [0.717, 1.165) is 21.2 Å². The Balaban J connectivity index is 1.54. The number of para-hydroxylation sites is 2. The van der Waals surface area contributed by atoms with Crippen molar-refractivity contribution in [2.75, 3.05) is 0 Å². The molecule has 0 amide bonds. The Labute approximate surface area is 226 Å². The number of halogens is 4. The van der Waals surface area contributed by atoms with E-state index in [1.54, 1.807) is 58.3 Å². The number of benzene rings is 4. The van der Waals surface area contributed by atoms with Crippen molar-refractivity contribution in [3.63, 3.8) is 0 Å². The van der Waals surface area contributed by atoms with Crippen molar-refractivity contribution < 1.29 is 0 Å². The third kappa shape index (κ3) is 6.39. The topological polar surface area (TPSA) is 24.7 Å². The molecule has 4 rings (SSSR count). The quantitative estimate of drug-likeness (QED) is 0.165. The maximum atomic E-state index is 6.27. The van der Waals surface area contributed by atoms with Crippen molar-refractivity contribution in [3.8, 4) is 0 Å². The number of hydrogen-bond acceptors (Lipinski definition) is 4. The normalized spacial score (nSPS) is 11.5. The molecule has 0 saturated heterocycles. The Bertz CT molecular complexity index is 1230. The van der Waals surface area contributed by atoms with Crippen molar-refractivity contribution in [2.45, 2.75) is 9.79 Å². The first kappa shape index (κ1) is 25.2. The van der Waals surface area contributed by atoms with Gasteiger partial charge in [0.1, 0.15) is 0 Å². The largest absolute Gasteiger partial charge is 0.255 e. The second kappa shape index (κ2) is 12.2. The second-order valence-electron chi connectivity index (χ2n) is 6.89. The van der Waals surface area contributed by atoms with Crippen molar-refractivity contribution in [3.05, 3.63) is 116 Å². The summed E-state index contributed by atoms with van der Waals surface area (Å²) < 4.78 is 0. The van der Waals surface area contributed by atoms with Gasteiger partial charge in [-0.3, -0.25) is 9.98 Å². The molecule has 0 aliphatic rings. The van der Waals surface area contributed by atoms with Crippen LogP contribution >= 0.6 is 68.0 Å². The molecule has 34 heavy (non-hydrogen) atoms. The van der Waals surface area contributed by atoms with Crippen LogP contribution in [0.4, 0.5) is 11.4 Å². The lowest BCUT2D eigenvalue weighted by Crippen LogP contribution is -1.85. The van der Waals surface area contributed by atoms with E-state index in [0.29, 0.717) is 31.2 Å². The van der Waals surface area contributed by atoms with Crippen LogP contribution in [0.2, 0.25) is 20.1 Å². The first-order chi connectivity index (χ1) is 16.5. The predicted octanol–water partition coefficient (Wildman–Crippen LogP) is 10.6. The predicted molar refractivity (Wildman–Crippen MR) is 152 cm³/mol. The van der Waals surface area contributed by atoms with E-state index < -0.39 is 0 Å². The molecule has 4 aromatic rings. The van der Waals surface area contributed by atoms with Gasteiger partial charge in [0.05, 0.1) is 31.5 Å². The molecular formula is C26H16Cl4N2S2. The SMILES string of the molecule is Clc1cccc(Cl)c1C=Nc1ccccc1SSc1ccccc1N=Cc1c(Cl)cccc1Cl. The molecule has 0 saturated carbocycles. The molecule has 0 atom stereocenters. The zero-order chi connectivity index (χ0) is 23.9. The van der Waals surface area contributed by atoms with Gasteiger partial charge in [-0.2, -0.15) is 0 Å². The van der Waals surface area contributed by atoms with Crippen LogP contribution in [0.15, 0.2) is 105 Å². The first-order valence-corrected chi connectivity index (χ1v) is 13.7. The number of rotatable bonds is 7. The molecule has 0 unspecified atom stereocenters. The van der Waals surface area contributed by atoms with Crippen LogP contribution in [0.3, 0.4) is 0 Å². The summed E-state index contributed by atoms with van der Waals surface area (Å²) in [4.78, 5) is 11.3. The number of hydrogen-bond donors (Lipinski definition) is 0. The first-order valence-electron chi connectivity index (χ1n) is 10.0. The van der Waals surface area contributed by atoms with Gasteiger partial charge in [0.2, 0.25) is 0 Å². The maximum Gasteiger partial charge on any atom is 0.0774 e. The van der Waals surface area contributed by atoms with Gasteiger partial charge >= 0.3 is 0 Å². The zero-order valence-corrected chi connectivity index (χ0v) is 22.1. The molecule has 0 fully saturated rings. The molecular weight excluding hydrogens is 546 g/mol. The Hall–Kier alpha value is -1.92. The lowest BCUT2D eigenvalue weighted by atomic mass is 10.2. The highest BCUT2D eigenvalue weighted by atomic mass is 35.5. The summed E-state index contributed by atoms with van der Waals surface area (Å²) in [7, 11) is 3.19. The Morgan fingerprint density at radius 3 is 1.21 bits per heavy atom. The van der Waals surface area contributed by atoms with Crippen molar-refractivity contribution >= 4 is 91.8 Å². The zero-order valence-electron chi connectivity index (χ0n) is 17.5. The smallest absolute Gasteiger partial charge is 0.0774 e. The van der Waals surface area contributed by atoms with Crippen LogP contribution < -0.4 is 0 Å². The molecule has 0 spiro atoms. The third-order valence-corrected chi connectivity index (χ3v) is 8.40. The summed E-state index contributed by atoms with van der Waals surface area (Å²) in [6, 6.07) is 26.6. The van der Waals surface area contributed by atoms with E-state index in [1.807, 2.05) is 60.7 Å². The van der Waals surface area contributed by atoms with E-state index in [4.69, 9.17) is 46.4 Å². The van der Waals surface area contributed by atoms with Gasteiger partial charge < -0.3 is 0 Å². The van der Waals surface area contributed by atoms with Crippen LogP contribution in [0.25, 0.3) is 0 Å². The number of aliphatic imine (C=N–C) groups is 2. The van der Waals surface area contributed by atoms with E-state index in [2.05, 4.69) is 9.98 Å². The van der Waals surface area contributed by atoms with Gasteiger partial charge in [0, 0.05) is 33.3 Å². The lowest BCUT2D eigenvalue weighted by Gasteiger charge is -2.07. The molecule has 0 N–H and O–H groups in total. The molecule has 4 aromatic carbocycles. The van der Waals surface area contributed by atoms with Gasteiger partial charge in [0.25, 0.3) is 0 Å². The van der Waals surface area contributed by atoms with Crippen molar-refractivity contribution in [1.82, 2.24) is 0 Å². The summed E-state index contributed by atoms with van der Waals surface area (Å²) in [5.41, 5.74) is 3.02. The molecule has 0 aliphatic heterocycles. The molecule has 170 valence electrons. The van der Waals surface area contributed by atoms with E-state index in [-0.39, 0.29) is 0 Å². The second-order valence-corrected chi connectivity index (χ2v) is 10.7. The summed E-state index contributed by atoms with van der Waals surface area (Å²) in [5.74, 6) is 0. The standard InChI is InChI=1S/C26H16Cl4N2S2/c27-19-7-5-8-20(28)17(19)15-31-23-11-1-3-13-25(23)33-34-26-14-4-2-12-24(26)32-16-18-21(29)9-6-10-22(18)30/h1-16H. The van der Waals surface area contributed by atoms with E-state index in [1.165, 1.54) is 0 Å². The maximum absolute atomic E-state index is 6.27. The van der Waals surface area contributed by atoms with Crippen molar-refractivity contribution in [2.24, 2.45) is 9.98 Å². The molecule has 0 aromatic heterocycles. The van der Waals surface area contributed by atoms with Gasteiger partial charge in [0.15, 0.2) is 0 Å². The Morgan fingerprint density at radius 2 is 0.824 bits per heavy atom.